The van der Waals surface area contributed by atoms with Crippen molar-refractivity contribution < 1.29 is 0 Å². The first-order valence-electron chi connectivity index (χ1n) is 17.8. The van der Waals surface area contributed by atoms with Crippen molar-refractivity contribution in [2.45, 2.75) is 67.6 Å². The molecule has 1 aliphatic heterocycles. The van der Waals surface area contributed by atoms with Crippen molar-refractivity contribution in [3.63, 3.8) is 0 Å². The minimum atomic E-state index is -0.455. The van der Waals surface area contributed by atoms with Gasteiger partial charge in [-0.1, -0.05) is 175 Å². The van der Waals surface area contributed by atoms with Crippen LogP contribution in [0.25, 0.3) is 44.2 Å². The number of benzene rings is 7. The Morgan fingerprint density at radius 1 is 0.420 bits per heavy atom. The maximum Gasteiger partial charge on any atom is 0.0713 e. The summed E-state index contributed by atoms with van der Waals surface area (Å²) in [6, 6.07) is 55.7. The average Bonchev–Trinajstić information content (AvgIpc) is 3.41. The third-order valence-corrected chi connectivity index (χ3v) is 12.2. The fourth-order valence-corrected chi connectivity index (χ4v) is 9.56. The summed E-state index contributed by atoms with van der Waals surface area (Å²) >= 11 is 1.89. The highest BCUT2D eigenvalue weighted by molar-refractivity contribution is 7.99. The zero-order chi connectivity index (χ0) is 34.4. The molecule has 0 nitrogen and oxygen atoms in total. The molecule has 0 bridgehead atoms. The maximum atomic E-state index is 2.50. The monoisotopic (exact) mass is 662 g/mol. The van der Waals surface area contributed by atoms with E-state index in [1.807, 2.05) is 11.8 Å². The standard InChI is InChI=1S/C49H42S/c1-47(2,3)34-19-23-36(24-20-34)49(37-25-21-35(22-26-37)48(4,5)6)42-15-8-7-13-38(42)39-27-17-33(30-43(39)49)32-18-28-44-41(29-32)40-14-9-11-31-12-10-16-45(50-44)46(31)40/h7-30H,1-6H3. The summed E-state index contributed by atoms with van der Waals surface area (Å²) in [6.07, 6.45) is 0. The van der Waals surface area contributed by atoms with E-state index in [4.69, 9.17) is 0 Å². The van der Waals surface area contributed by atoms with Crippen LogP contribution in [-0.2, 0) is 16.2 Å². The molecule has 0 spiro atoms. The molecule has 9 rings (SSSR count). The summed E-state index contributed by atoms with van der Waals surface area (Å²) in [6.45, 7) is 13.8. The molecule has 0 radical (unpaired) electrons. The zero-order valence-corrected chi connectivity index (χ0v) is 30.6. The van der Waals surface area contributed by atoms with Crippen molar-refractivity contribution in [1.29, 1.82) is 0 Å². The second-order valence-corrected chi connectivity index (χ2v) is 17.3. The summed E-state index contributed by atoms with van der Waals surface area (Å²) in [5.41, 5.74) is 15.5. The molecule has 244 valence electrons. The molecule has 0 saturated heterocycles. The van der Waals surface area contributed by atoms with E-state index in [0.29, 0.717) is 0 Å². The van der Waals surface area contributed by atoms with Crippen LogP contribution in [0.4, 0.5) is 0 Å². The summed E-state index contributed by atoms with van der Waals surface area (Å²) in [7, 11) is 0. The van der Waals surface area contributed by atoms with Crippen LogP contribution >= 0.6 is 11.8 Å². The molecule has 50 heavy (non-hydrogen) atoms. The van der Waals surface area contributed by atoms with Gasteiger partial charge < -0.3 is 0 Å². The van der Waals surface area contributed by atoms with Gasteiger partial charge in [0.15, 0.2) is 0 Å². The topological polar surface area (TPSA) is 0 Å². The third kappa shape index (κ3) is 4.67. The quantitative estimate of drug-likeness (QED) is 0.181. The molecule has 0 amide bonds. The zero-order valence-electron chi connectivity index (χ0n) is 29.8. The van der Waals surface area contributed by atoms with Crippen LogP contribution in [0.15, 0.2) is 155 Å². The highest BCUT2D eigenvalue weighted by Gasteiger charge is 2.46. The van der Waals surface area contributed by atoms with Gasteiger partial charge in [-0.2, -0.15) is 0 Å². The van der Waals surface area contributed by atoms with Crippen LogP contribution in [0, 0.1) is 0 Å². The molecule has 0 fully saturated rings. The predicted octanol–water partition coefficient (Wildman–Crippen LogP) is 13.6. The molecule has 7 aromatic carbocycles. The van der Waals surface area contributed by atoms with E-state index in [1.54, 1.807) is 0 Å². The van der Waals surface area contributed by atoms with Crippen molar-refractivity contribution in [3.05, 3.63) is 179 Å². The summed E-state index contributed by atoms with van der Waals surface area (Å²) < 4.78 is 0. The molecule has 1 heterocycles. The summed E-state index contributed by atoms with van der Waals surface area (Å²) in [5.74, 6) is 0. The fraction of sp³-hybridized carbons (Fsp3) is 0.184. The molecule has 0 unspecified atom stereocenters. The van der Waals surface area contributed by atoms with Gasteiger partial charge in [0.1, 0.15) is 0 Å². The fourth-order valence-electron chi connectivity index (χ4n) is 8.43. The average molecular weight is 663 g/mol. The smallest absolute Gasteiger partial charge is 0.0713 e. The van der Waals surface area contributed by atoms with Crippen molar-refractivity contribution in [2.24, 2.45) is 0 Å². The Hall–Kier alpha value is -4.85. The van der Waals surface area contributed by atoms with Gasteiger partial charge in [0.05, 0.1) is 5.41 Å². The minimum Gasteiger partial charge on any atom is -0.0888 e. The molecular weight excluding hydrogens is 621 g/mol. The number of hydrogen-bond donors (Lipinski definition) is 0. The van der Waals surface area contributed by atoms with E-state index < -0.39 is 5.41 Å². The second-order valence-electron chi connectivity index (χ2n) is 16.2. The van der Waals surface area contributed by atoms with E-state index >= 15 is 0 Å². The van der Waals surface area contributed by atoms with Crippen molar-refractivity contribution in [1.82, 2.24) is 0 Å². The second kappa shape index (κ2) is 11.1. The lowest BCUT2D eigenvalue weighted by Crippen LogP contribution is -2.29. The maximum absolute atomic E-state index is 2.50. The Kier molecular flexibility index (Phi) is 6.90. The highest BCUT2D eigenvalue weighted by atomic mass is 32.2. The number of fused-ring (bicyclic) bond motifs is 5. The van der Waals surface area contributed by atoms with Gasteiger partial charge in [-0.25, -0.2) is 0 Å². The van der Waals surface area contributed by atoms with Crippen molar-refractivity contribution in [2.75, 3.05) is 0 Å². The van der Waals surface area contributed by atoms with E-state index in [9.17, 15) is 0 Å². The van der Waals surface area contributed by atoms with E-state index in [-0.39, 0.29) is 10.8 Å². The highest BCUT2D eigenvalue weighted by Crippen LogP contribution is 2.57. The minimum absolute atomic E-state index is 0.0777. The molecule has 0 aromatic heterocycles. The normalized spacial score (nSPS) is 14.3. The number of hydrogen-bond acceptors (Lipinski definition) is 1. The first-order valence-corrected chi connectivity index (χ1v) is 18.7. The summed E-state index contributed by atoms with van der Waals surface area (Å²) in [5, 5.41) is 2.67. The van der Waals surface area contributed by atoms with Crippen LogP contribution in [0.1, 0.15) is 74.9 Å². The van der Waals surface area contributed by atoms with Gasteiger partial charge >= 0.3 is 0 Å². The Bertz CT molecular complexity index is 2380. The van der Waals surface area contributed by atoms with Crippen molar-refractivity contribution >= 4 is 22.5 Å². The molecule has 1 aliphatic carbocycles. The molecule has 0 N–H and O–H groups in total. The molecule has 0 saturated carbocycles. The Labute approximate surface area is 301 Å². The largest absolute Gasteiger partial charge is 0.0888 e. The van der Waals surface area contributed by atoms with Gasteiger partial charge in [-0.3, -0.25) is 0 Å². The van der Waals surface area contributed by atoms with E-state index in [0.717, 1.165) is 0 Å². The van der Waals surface area contributed by atoms with Gasteiger partial charge in [0.25, 0.3) is 0 Å². The first-order chi connectivity index (χ1) is 24.0. The van der Waals surface area contributed by atoms with E-state index in [1.165, 1.54) is 87.3 Å². The van der Waals surface area contributed by atoms with Gasteiger partial charge in [0.2, 0.25) is 0 Å². The summed E-state index contributed by atoms with van der Waals surface area (Å²) in [4.78, 5) is 2.66. The number of rotatable bonds is 3. The van der Waals surface area contributed by atoms with Crippen LogP contribution in [0.3, 0.4) is 0 Å². The Balaban J connectivity index is 1.28. The Morgan fingerprint density at radius 3 is 1.64 bits per heavy atom. The first kappa shape index (κ1) is 31.2. The molecule has 2 aliphatic rings. The van der Waals surface area contributed by atoms with E-state index in [2.05, 4.69) is 187 Å². The molecule has 7 aromatic rings. The lowest BCUT2D eigenvalue weighted by Gasteiger charge is -2.35. The van der Waals surface area contributed by atoms with Gasteiger partial charge in [-0.15, -0.1) is 0 Å². The predicted molar refractivity (Wildman–Crippen MR) is 214 cm³/mol. The van der Waals surface area contributed by atoms with Crippen LogP contribution in [0.5, 0.6) is 0 Å². The molecule has 1 heteroatoms. The lowest BCUT2D eigenvalue weighted by molar-refractivity contribution is 0.588. The molecule has 0 atom stereocenters. The van der Waals surface area contributed by atoms with Crippen LogP contribution < -0.4 is 0 Å². The third-order valence-electron chi connectivity index (χ3n) is 11.1. The van der Waals surface area contributed by atoms with Gasteiger partial charge in [-0.05, 0) is 107 Å². The van der Waals surface area contributed by atoms with Crippen LogP contribution in [-0.4, -0.2) is 0 Å². The van der Waals surface area contributed by atoms with Crippen molar-refractivity contribution in [3.8, 4) is 33.4 Å². The molecular formula is C49H42S. The SMILES string of the molecule is CC(C)(C)c1ccc(C2(c3ccc(C(C)(C)C)cc3)c3ccccc3-c3ccc(-c4ccc5c(c4)-c4cccc6cccc(c46)S5)cc32)cc1. The Morgan fingerprint density at radius 2 is 0.980 bits per heavy atom. The van der Waals surface area contributed by atoms with Gasteiger partial charge in [0, 0.05) is 15.2 Å². The lowest BCUT2D eigenvalue weighted by atomic mass is 9.66. The van der Waals surface area contributed by atoms with Crippen LogP contribution in [0.2, 0.25) is 0 Å².